The molecular formula is C9H10Cl2N2. The highest BCUT2D eigenvalue weighted by atomic mass is 35.5. The smallest absolute Gasteiger partial charge is 0.138 e. The Morgan fingerprint density at radius 3 is 2.92 bits per heavy atom. The van der Waals surface area contributed by atoms with Crippen LogP contribution in [0.25, 0.3) is 6.08 Å². The van der Waals surface area contributed by atoms with Gasteiger partial charge < -0.3 is 5.73 Å². The second-order valence-corrected chi connectivity index (χ2v) is 3.22. The summed E-state index contributed by atoms with van der Waals surface area (Å²) in [4.78, 5) is 3.92. The molecule has 1 aromatic rings. The van der Waals surface area contributed by atoms with E-state index in [2.05, 4.69) is 4.98 Å². The van der Waals surface area contributed by atoms with E-state index in [1.807, 2.05) is 12.2 Å². The van der Waals surface area contributed by atoms with Crippen molar-refractivity contribution < 1.29 is 0 Å². The van der Waals surface area contributed by atoms with Gasteiger partial charge in [-0.3, -0.25) is 0 Å². The number of allylic oxidation sites excluding steroid dienone is 1. The Bertz CT molecular complexity index is 290. The first kappa shape index (κ1) is 10.4. The minimum Gasteiger partial charge on any atom is -0.398 e. The van der Waals surface area contributed by atoms with Crippen molar-refractivity contribution in [3.05, 3.63) is 29.1 Å². The molecule has 13 heavy (non-hydrogen) atoms. The fourth-order valence-electron chi connectivity index (χ4n) is 0.891. The van der Waals surface area contributed by atoms with Crippen molar-refractivity contribution >= 4 is 35.0 Å². The number of nitrogens with two attached hydrogens (primary N) is 1. The lowest BCUT2D eigenvalue weighted by molar-refractivity contribution is 1.24. The largest absolute Gasteiger partial charge is 0.398 e. The number of anilines is 1. The first-order valence-corrected chi connectivity index (χ1v) is 4.79. The molecule has 0 spiro atoms. The van der Waals surface area contributed by atoms with E-state index in [4.69, 9.17) is 28.9 Å². The van der Waals surface area contributed by atoms with Gasteiger partial charge in [-0.25, -0.2) is 4.98 Å². The molecule has 0 bridgehead atoms. The second kappa shape index (κ2) is 5.10. The predicted molar refractivity (Wildman–Crippen MR) is 58.0 cm³/mol. The van der Waals surface area contributed by atoms with Crippen LogP contribution in [0.3, 0.4) is 0 Å². The van der Waals surface area contributed by atoms with Gasteiger partial charge in [-0.05, 0) is 12.5 Å². The zero-order valence-corrected chi connectivity index (χ0v) is 8.52. The van der Waals surface area contributed by atoms with E-state index in [0.29, 0.717) is 16.7 Å². The van der Waals surface area contributed by atoms with Gasteiger partial charge in [-0.2, -0.15) is 0 Å². The van der Waals surface area contributed by atoms with Crippen molar-refractivity contribution in [2.45, 2.75) is 6.42 Å². The Labute approximate surface area is 87.4 Å². The number of nitrogens with zero attached hydrogens (tertiary/aromatic N) is 1. The molecule has 0 atom stereocenters. The average molecular weight is 217 g/mol. The minimum atomic E-state index is 0.422. The average Bonchev–Trinajstić information content (AvgIpc) is 2.10. The van der Waals surface area contributed by atoms with Crippen LogP contribution in [-0.2, 0) is 0 Å². The number of alkyl halides is 1. The molecule has 1 rings (SSSR count). The fraction of sp³-hybridized carbons (Fsp3) is 0.222. The lowest BCUT2D eigenvalue weighted by atomic mass is 10.2. The molecule has 0 aliphatic carbocycles. The first-order valence-electron chi connectivity index (χ1n) is 3.88. The third-order valence-electron chi connectivity index (χ3n) is 1.54. The Balaban J connectivity index is 2.87. The maximum absolute atomic E-state index is 5.83. The number of hydrogen-bond acceptors (Lipinski definition) is 2. The summed E-state index contributed by atoms with van der Waals surface area (Å²) in [7, 11) is 0. The molecule has 1 heterocycles. The van der Waals surface area contributed by atoms with Gasteiger partial charge in [0.1, 0.15) is 5.15 Å². The molecular weight excluding hydrogens is 207 g/mol. The molecule has 2 N–H and O–H groups in total. The third-order valence-corrected chi connectivity index (χ3v) is 2.05. The molecule has 0 aliphatic rings. The molecule has 0 aromatic carbocycles. The summed E-state index contributed by atoms with van der Waals surface area (Å²) in [5.74, 6) is 0.592. The van der Waals surface area contributed by atoms with Gasteiger partial charge in [0.2, 0.25) is 0 Å². The van der Waals surface area contributed by atoms with Crippen LogP contribution in [-0.4, -0.2) is 10.9 Å². The number of aromatic nitrogens is 1. The van der Waals surface area contributed by atoms with E-state index < -0.39 is 0 Å². The van der Waals surface area contributed by atoms with E-state index >= 15 is 0 Å². The molecule has 0 aliphatic heterocycles. The lowest BCUT2D eigenvalue weighted by Crippen LogP contribution is -1.91. The molecule has 2 nitrogen and oxygen atoms in total. The molecule has 70 valence electrons. The van der Waals surface area contributed by atoms with Gasteiger partial charge in [-0.1, -0.05) is 23.8 Å². The SMILES string of the molecule is Nc1ccnc(Cl)c1C=CCCCl. The summed E-state index contributed by atoms with van der Waals surface area (Å²) in [6.45, 7) is 0. The lowest BCUT2D eigenvalue weighted by Gasteiger charge is -2.00. The summed E-state index contributed by atoms with van der Waals surface area (Å²) in [6.07, 6.45) is 6.14. The highest BCUT2D eigenvalue weighted by Gasteiger charge is 2.00. The minimum absolute atomic E-state index is 0.422. The van der Waals surface area contributed by atoms with Crippen LogP contribution in [0.15, 0.2) is 18.3 Å². The Morgan fingerprint density at radius 2 is 2.31 bits per heavy atom. The summed E-state index contributed by atoms with van der Waals surface area (Å²) in [5.41, 5.74) is 7.08. The number of hydrogen-bond donors (Lipinski definition) is 1. The first-order chi connectivity index (χ1) is 6.25. The van der Waals surface area contributed by atoms with Crippen molar-refractivity contribution in [3.63, 3.8) is 0 Å². The van der Waals surface area contributed by atoms with E-state index in [1.54, 1.807) is 12.3 Å². The fourth-order valence-corrected chi connectivity index (χ4v) is 1.25. The van der Waals surface area contributed by atoms with Gasteiger partial charge in [0, 0.05) is 23.3 Å². The van der Waals surface area contributed by atoms with Crippen molar-refractivity contribution in [3.8, 4) is 0 Å². The number of nitrogen functional groups attached to an aromatic ring is 1. The van der Waals surface area contributed by atoms with Gasteiger partial charge in [-0.15, -0.1) is 11.6 Å². The van der Waals surface area contributed by atoms with Crippen molar-refractivity contribution in [2.75, 3.05) is 11.6 Å². The normalized spacial score (nSPS) is 10.9. The van der Waals surface area contributed by atoms with Crippen LogP contribution in [0.2, 0.25) is 5.15 Å². The summed E-state index contributed by atoms with van der Waals surface area (Å²) in [5, 5.41) is 0.422. The van der Waals surface area contributed by atoms with Crippen LogP contribution in [0.1, 0.15) is 12.0 Å². The van der Waals surface area contributed by atoms with Crippen LogP contribution >= 0.6 is 23.2 Å². The molecule has 0 saturated carbocycles. The summed E-state index contributed by atoms with van der Waals surface area (Å²) >= 11 is 11.3. The van der Waals surface area contributed by atoms with E-state index in [-0.39, 0.29) is 0 Å². The van der Waals surface area contributed by atoms with E-state index in [1.165, 1.54) is 0 Å². The van der Waals surface area contributed by atoms with Crippen molar-refractivity contribution in [1.82, 2.24) is 4.98 Å². The van der Waals surface area contributed by atoms with Gasteiger partial charge >= 0.3 is 0 Å². The van der Waals surface area contributed by atoms with Crippen molar-refractivity contribution in [1.29, 1.82) is 0 Å². The molecule has 1 aromatic heterocycles. The highest BCUT2D eigenvalue weighted by Crippen LogP contribution is 2.20. The molecule has 0 saturated heterocycles. The molecule has 0 unspecified atom stereocenters. The maximum atomic E-state index is 5.83. The molecule has 0 radical (unpaired) electrons. The molecule has 0 fully saturated rings. The van der Waals surface area contributed by atoms with Crippen LogP contribution < -0.4 is 5.73 Å². The van der Waals surface area contributed by atoms with Crippen LogP contribution in [0.4, 0.5) is 5.69 Å². The monoisotopic (exact) mass is 216 g/mol. The molecule has 0 amide bonds. The summed E-state index contributed by atoms with van der Waals surface area (Å²) in [6, 6.07) is 1.71. The van der Waals surface area contributed by atoms with Crippen LogP contribution in [0, 0.1) is 0 Å². The number of halogens is 2. The highest BCUT2D eigenvalue weighted by molar-refractivity contribution is 6.31. The standard InChI is InChI=1S/C9H10Cl2N2/c10-5-2-1-3-7-8(12)4-6-13-9(7)11/h1,3-4,6H,2,5H2,(H2,12,13). The van der Waals surface area contributed by atoms with E-state index in [9.17, 15) is 0 Å². The topological polar surface area (TPSA) is 38.9 Å². The Morgan fingerprint density at radius 1 is 1.54 bits per heavy atom. The summed E-state index contributed by atoms with van der Waals surface area (Å²) < 4.78 is 0. The number of pyridine rings is 1. The predicted octanol–water partition coefficient (Wildman–Crippen LogP) is 2.96. The van der Waals surface area contributed by atoms with Gasteiger partial charge in [0.15, 0.2) is 0 Å². The van der Waals surface area contributed by atoms with E-state index in [0.717, 1.165) is 12.0 Å². The number of rotatable bonds is 3. The van der Waals surface area contributed by atoms with Gasteiger partial charge in [0.05, 0.1) is 0 Å². The molecule has 4 heteroatoms. The quantitative estimate of drug-likeness (QED) is 0.624. The second-order valence-electron chi connectivity index (χ2n) is 2.48. The van der Waals surface area contributed by atoms with Crippen molar-refractivity contribution in [2.24, 2.45) is 0 Å². The van der Waals surface area contributed by atoms with Gasteiger partial charge in [0.25, 0.3) is 0 Å². The zero-order valence-electron chi connectivity index (χ0n) is 7.00. The third kappa shape index (κ3) is 2.90. The maximum Gasteiger partial charge on any atom is 0.138 e. The Hall–Kier alpha value is -0.730. The van der Waals surface area contributed by atoms with Crippen LogP contribution in [0.5, 0.6) is 0 Å². The zero-order chi connectivity index (χ0) is 9.68. The Kier molecular flexibility index (Phi) is 4.06.